The highest BCUT2D eigenvalue weighted by molar-refractivity contribution is 6.14. The van der Waals surface area contributed by atoms with Crippen LogP contribution in [-0.4, -0.2) is 34.1 Å². The highest BCUT2D eigenvalue weighted by Crippen LogP contribution is 2.41. The van der Waals surface area contributed by atoms with Gasteiger partial charge in [0.25, 0.3) is 0 Å². The molecule has 0 radical (unpaired) electrons. The van der Waals surface area contributed by atoms with Crippen molar-refractivity contribution >= 4 is 23.0 Å². The SMILES string of the molecule is CCCN(CCC(C)C)c1cc2c(c(C)n1)N=C(c1c(F)cccc1F)Nc1c-2n[nH]c1C. The molecule has 1 aliphatic heterocycles. The highest BCUT2D eigenvalue weighted by Gasteiger charge is 2.27. The molecule has 0 unspecified atom stereocenters. The van der Waals surface area contributed by atoms with E-state index in [2.05, 4.69) is 46.2 Å². The van der Waals surface area contributed by atoms with Crippen molar-refractivity contribution in [3.05, 3.63) is 52.9 Å². The Labute approximate surface area is 193 Å². The van der Waals surface area contributed by atoms with Gasteiger partial charge in [-0.25, -0.2) is 18.8 Å². The average molecular weight is 453 g/mol. The lowest BCUT2D eigenvalue weighted by Gasteiger charge is -2.25. The van der Waals surface area contributed by atoms with Gasteiger partial charge in [-0.2, -0.15) is 5.10 Å². The van der Waals surface area contributed by atoms with E-state index in [1.807, 2.05) is 19.9 Å². The van der Waals surface area contributed by atoms with Crippen LogP contribution in [0.2, 0.25) is 0 Å². The summed E-state index contributed by atoms with van der Waals surface area (Å²) in [6.07, 6.45) is 2.06. The molecule has 0 amide bonds. The van der Waals surface area contributed by atoms with Crippen LogP contribution >= 0.6 is 0 Å². The van der Waals surface area contributed by atoms with Crippen LogP contribution in [0.4, 0.5) is 26.0 Å². The third-order valence-electron chi connectivity index (χ3n) is 5.82. The van der Waals surface area contributed by atoms with Gasteiger partial charge in [-0.15, -0.1) is 0 Å². The molecule has 1 aromatic carbocycles. The number of aromatic amines is 1. The molecule has 6 nitrogen and oxygen atoms in total. The van der Waals surface area contributed by atoms with Crippen LogP contribution in [0.15, 0.2) is 29.3 Å². The predicted molar refractivity (Wildman–Crippen MR) is 129 cm³/mol. The van der Waals surface area contributed by atoms with Crippen LogP contribution in [0.1, 0.15) is 50.6 Å². The second kappa shape index (κ2) is 9.29. The zero-order valence-electron chi connectivity index (χ0n) is 19.8. The van der Waals surface area contributed by atoms with E-state index in [-0.39, 0.29) is 11.4 Å². The van der Waals surface area contributed by atoms with Gasteiger partial charge in [-0.3, -0.25) is 5.10 Å². The molecule has 8 heteroatoms. The van der Waals surface area contributed by atoms with Crippen molar-refractivity contribution in [3.63, 3.8) is 0 Å². The fraction of sp³-hybridized carbons (Fsp3) is 0.400. The molecule has 174 valence electrons. The monoisotopic (exact) mass is 452 g/mol. The minimum absolute atomic E-state index is 0.0953. The molecule has 2 aromatic heterocycles. The minimum atomic E-state index is -0.683. The first-order chi connectivity index (χ1) is 15.8. The first-order valence-corrected chi connectivity index (χ1v) is 11.4. The maximum absolute atomic E-state index is 14.6. The van der Waals surface area contributed by atoms with Crippen molar-refractivity contribution in [2.75, 3.05) is 23.3 Å². The number of benzene rings is 1. The number of anilines is 2. The van der Waals surface area contributed by atoms with Crippen LogP contribution in [-0.2, 0) is 0 Å². The van der Waals surface area contributed by atoms with Gasteiger partial charge >= 0.3 is 0 Å². The molecular formula is C25H30F2N6. The second-order valence-electron chi connectivity index (χ2n) is 8.89. The zero-order valence-corrected chi connectivity index (χ0v) is 19.8. The number of nitrogens with one attached hydrogen (secondary N) is 2. The Balaban J connectivity index is 1.90. The average Bonchev–Trinajstić information content (AvgIpc) is 3.02. The largest absolute Gasteiger partial charge is 0.357 e. The van der Waals surface area contributed by atoms with E-state index in [0.29, 0.717) is 28.7 Å². The first-order valence-electron chi connectivity index (χ1n) is 11.4. The number of hydrogen-bond donors (Lipinski definition) is 2. The second-order valence-corrected chi connectivity index (χ2v) is 8.89. The molecule has 0 aliphatic carbocycles. The maximum atomic E-state index is 14.6. The summed E-state index contributed by atoms with van der Waals surface area (Å²) >= 11 is 0. The van der Waals surface area contributed by atoms with E-state index < -0.39 is 11.6 Å². The van der Waals surface area contributed by atoms with Gasteiger partial charge in [0.15, 0.2) is 0 Å². The smallest absolute Gasteiger partial charge is 0.144 e. The fourth-order valence-electron chi connectivity index (χ4n) is 4.04. The molecule has 3 aromatic rings. The number of pyridine rings is 1. The number of aryl methyl sites for hydroxylation is 2. The first kappa shape index (κ1) is 22.9. The van der Waals surface area contributed by atoms with Crippen molar-refractivity contribution in [2.45, 2.75) is 47.5 Å². The van der Waals surface area contributed by atoms with E-state index in [1.54, 1.807) is 0 Å². The molecule has 0 atom stereocenters. The van der Waals surface area contributed by atoms with Crippen molar-refractivity contribution in [2.24, 2.45) is 10.9 Å². The third-order valence-corrected chi connectivity index (χ3v) is 5.82. The summed E-state index contributed by atoms with van der Waals surface area (Å²) in [7, 11) is 0. The Morgan fingerprint density at radius 1 is 1.09 bits per heavy atom. The van der Waals surface area contributed by atoms with Gasteiger partial charge in [0.05, 0.1) is 28.3 Å². The number of aromatic nitrogens is 3. The molecule has 3 heterocycles. The fourth-order valence-corrected chi connectivity index (χ4v) is 4.04. The molecule has 1 aliphatic rings. The molecule has 0 spiro atoms. The van der Waals surface area contributed by atoms with Gasteiger partial charge in [-0.1, -0.05) is 26.8 Å². The summed E-state index contributed by atoms with van der Waals surface area (Å²) in [4.78, 5) is 11.8. The number of aliphatic imine (C=N–C) groups is 1. The van der Waals surface area contributed by atoms with Gasteiger partial charge < -0.3 is 10.2 Å². The van der Waals surface area contributed by atoms with Gasteiger partial charge in [0.1, 0.15) is 29.0 Å². The highest BCUT2D eigenvalue weighted by atomic mass is 19.1. The normalized spacial score (nSPS) is 12.7. The number of fused-ring (bicyclic) bond motifs is 3. The standard InChI is InChI=1S/C25H30F2N6/c1-6-11-33(12-10-14(2)3)20-13-17-22(15(4)28-20)29-25(21-18(26)8-7-9-19(21)27)30-23-16(5)31-32-24(17)23/h7-9,13-14H,6,10-12H2,1-5H3,(H,29,30)(H,31,32). The lowest BCUT2D eigenvalue weighted by molar-refractivity contribution is 0.568. The topological polar surface area (TPSA) is 69.2 Å². The Morgan fingerprint density at radius 2 is 1.82 bits per heavy atom. The predicted octanol–water partition coefficient (Wildman–Crippen LogP) is 6.13. The summed E-state index contributed by atoms with van der Waals surface area (Å²) < 4.78 is 29.3. The van der Waals surface area contributed by atoms with Gasteiger partial charge in [0.2, 0.25) is 0 Å². The quantitative estimate of drug-likeness (QED) is 0.452. The molecule has 0 bridgehead atoms. The Kier molecular flexibility index (Phi) is 6.44. The molecular weight excluding hydrogens is 422 g/mol. The van der Waals surface area contributed by atoms with Crippen molar-refractivity contribution in [1.29, 1.82) is 0 Å². The minimum Gasteiger partial charge on any atom is -0.357 e. The number of nitrogens with zero attached hydrogens (tertiary/aromatic N) is 4. The molecule has 0 fully saturated rings. The Hall–Kier alpha value is -3.29. The molecule has 2 N–H and O–H groups in total. The summed E-state index contributed by atoms with van der Waals surface area (Å²) in [6.45, 7) is 12.1. The lowest BCUT2D eigenvalue weighted by atomic mass is 10.1. The summed E-state index contributed by atoms with van der Waals surface area (Å²) in [5.41, 5.74) is 3.86. The van der Waals surface area contributed by atoms with E-state index in [1.165, 1.54) is 18.2 Å². The van der Waals surface area contributed by atoms with E-state index in [0.717, 1.165) is 43.0 Å². The zero-order chi connectivity index (χ0) is 23.7. The number of rotatable bonds is 7. The molecule has 0 saturated heterocycles. The van der Waals surface area contributed by atoms with Crippen LogP contribution in [0.5, 0.6) is 0 Å². The van der Waals surface area contributed by atoms with E-state index in [4.69, 9.17) is 4.98 Å². The number of amidine groups is 1. The van der Waals surface area contributed by atoms with E-state index >= 15 is 0 Å². The summed E-state index contributed by atoms with van der Waals surface area (Å²) in [5.74, 6) is 0.169. The summed E-state index contributed by atoms with van der Waals surface area (Å²) in [5, 5.41) is 10.6. The summed E-state index contributed by atoms with van der Waals surface area (Å²) in [6, 6.07) is 5.78. The van der Waals surface area contributed by atoms with Crippen LogP contribution in [0.3, 0.4) is 0 Å². The molecule has 4 rings (SSSR count). The number of H-pyrrole nitrogens is 1. The Morgan fingerprint density at radius 3 is 2.48 bits per heavy atom. The van der Waals surface area contributed by atoms with Crippen molar-refractivity contribution < 1.29 is 8.78 Å². The molecule has 0 saturated carbocycles. The van der Waals surface area contributed by atoms with E-state index in [9.17, 15) is 8.78 Å². The lowest BCUT2D eigenvalue weighted by Crippen LogP contribution is -2.27. The van der Waals surface area contributed by atoms with Gasteiger partial charge in [-0.05, 0) is 50.8 Å². The van der Waals surface area contributed by atoms with Crippen molar-refractivity contribution in [3.8, 4) is 11.3 Å². The molecule has 33 heavy (non-hydrogen) atoms. The number of hydrogen-bond acceptors (Lipinski definition) is 5. The van der Waals surface area contributed by atoms with Crippen molar-refractivity contribution in [1.82, 2.24) is 15.2 Å². The van der Waals surface area contributed by atoms with Crippen LogP contribution in [0, 0.1) is 31.4 Å². The Bertz CT molecular complexity index is 1180. The van der Waals surface area contributed by atoms with Gasteiger partial charge in [0, 0.05) is 18.7 Å². The maximum Gasteiger partial charge on any atom is 0.144 e. The third kappa shape index (κ3) is 4.47. The van der Waals surface area contributed by atoms with Crippen LogP contribution < -0.4 is 10.2 Å². The number of halogens is 2. The van der Waals surface area contributed by atoms with Crippen LogP contribution in [0.25, 0.3) is 11.3 Å².